The van der Waals surface area contributed by atoms with E-state index in [-0.39, 0.29) is 63.4 Å². The summed E-state index contributed by atoms with van der Waals surface area (Å²) >= 11 is 0. The summed E-state index contributed by atoms with van der Waals surface area (Å²) in [5.41, 5.74) is -7.52. The first-order valence-corrected chi connectivity index (χ1v) is 22.7. The van der Waals surface area contributed by atoms with Crippen LogP contribution in [-0.4, -0.2) is 63.2 Å². The monoisotopic (exact) mass is 1090 g/mol. The second-order valence-electron chi connectivity index (χ2n) is 19.8. The van der Waals surface area contributed by atoms with Gasteiger partial charge in [0.1, 0.15) is 57.5 Å². The van der Waals surface area contributed by atoms with Crippen molar-refractivity contribution in [1.82, 2.24) is 10.6 Å². The summed E-state index contributed by atoms with van der Waals surface area (Å²) in [6, 6.07) is 5.98. The minimum Gasteiger partial charge on any atom is -0.444 e. The number of Topliss-reactive ketones (excluding diaryl/α,β-unsaturated/α-hetero) is 3. The molecule has 5 atom stereocenters. The highest BCUT2D eigenvalue weighted by Gasteiger charge is 2.53. The lowest BCUT2D eigenvalue weighted by Crippen LogP contribution is -2.58. The van der Waals surface area contributed by atoms with Gasteiger partial charge in [0.05, 0.1) is 16.7 Å². The molecule has 0 radical (unpaired) electrons. The molecule has 0 spiro atoms. The Bertz CT molecular complexity index is 2550. The quantitative estimate of drug-likeness (QED) is 0.154. The first-order chi connectivity index (χ1) is 33.3. The van der Waals surface area contributed by atoms with E-state index in [2.05, 4.69) is 10.6 Å². The van der Waals surface area contributed by atoms with Crippen LogP contribution in [0.15, 0.2) is 54.6 Å². The van der Waals surface area contributed by atoms with Crippen LogP contribution in [0.25, 0.3) is 0 Å². The summed E-state index contributed by atoms with van der Waals surface area (Å²) in [7, 11) is 0. The lowest BCUT2D eigenvalue weighted by atomic mass is 9.72. The van der Waals surface area contributed by atoms with E-state index in [1.165, 1.54) is 0 Å². The van der Waals surface area contributed by atoms with Crippen LogP contribution in [-0.2, 0) is 59.0 Å². The van der Waals surface area contributed by atoms with Crippen molar-refractivity contribution in [2.24, 2.45) is 5.73 Å². The summed E-state index contributed by atoms with van der Waals surface area (Å²) < 4.78 is 170. The molecule has 3 aliphatic carbocycles. The smallest absolute Gasteiger partial charge is 0.416 e. The van der Waals surface area contributed by atoms with E-state index < -0.39 is 139 Å². The summed E-state index contributed by atoms with van der Waals surface area (Å²) in [5.74, 6) is -5.67. The zero-order chi connectivity index (χ0) is 55.5. The van der Waals surface area contributed by atoms with Gasteiger partial charge in [-0.3, -0.25) is 14.4 Å². The summed E-state index contributed by atoms with van der Waals surface area (Å²) in [5, 5.41) is 24.1. The van der Waals surface area contributed by atoms with Gasteiger partial charge in [0.25, 0.3) is 0 Å². The molecule has 6 N–H and O–H groups in total. The van der Waals surface area contributed by atoms with E-state index in [0.29, 0.717) is 31.4 Å². The summed E-state index contributed by atoms with van der Waals surface area (Å²) in [6.07, 6.45) is -18.2. The third-order valence-electron chi connectivity index (χ3n) is 11.9. The van der Waals surface area contributed by atoms with Gasteiger partial charge in [-0.05, 0) is 152 Å². The third kappa shape index (κ3) is 15.1. The Kier molecular flexibility index (Phi) is 19.7. The van der Waals surface area contributed by atoms with E-state index in [1.807, 2.05) is 0 Å². The standard InChI is InChI=1S/C18H21F4NO4.C18H21F4NO3.C13H13F4NO2.ClH/c1-16(2,3)27-15(26)23-17(8-4-5-13(24)14(17)25)11-7-6-10(19)9-12(11)18(20,21)22;1-16(2,3)26-15(25)23-17(9-5-4-6-14(17)24)12-8-7-11(19)10-13(12)18(20,21)22;14-7-3-4-8(9(6-7)13(15,16)17)12(18)5-1-2-10(19)11(12)20;/h6-7,9,13,24H,4-5,8H2,1-3H3,(H,23,26);7-8,10H,4-6,9H2,1-3H3,(H,23,25);3-4,6,10,19H,1-2,5,18H2;1H. The lowest BCUT2D eigenvalue weighted by Gasteiger charge is -2.40. The number of rotatable bonds is 5. The third-order valence-corrected chi connectivity index (χ3v) is 11.9. The number of aliphatic hydroxyl groups is 2. The molecular weight excluding hydrogens is 1040 g/mol. The summed E-state index contributed by atoms with van der Waals surface area (Å²) in [6.45, 7) is 9.45. The first-order valence-electron chi connectivity index (χ1n) is 22.7. The van der Waals surface area contributed by atoms with E-state index >= 15 is 0 Å². The predicted octanol–water partition coefficient (Wildman–Crippen LogP) is 10.9. The lowest BCUT2D eigenvalue weighted by molar-refractivity contribution is -0.144. The van der Waals surface area contributed by atoms with Crippen LogP contribution in [0.2, 0.25) is 0 Å². The number of hydrogen-bond donors (Lipinski definition) is 5. The number of ketones is 3. The Morgan fingerprint density at radius 2 is 0.905 bits per heavy atom. The highest BCUT2D eigenvalue weighted by Crippen LogP contribution is 2.45. The minimum absolute atomic E-state index is 0. The Balaban J connectivity index is 0.000000294. The maximum absolute atomic E-state index is 13.5. The molecule has 412 valence electrons. The van der Waals surface area contributed by atoms with Crippen molar-refractivity contribution in [3.63, 3.8) is 0 Å². The van der Waals surface area contributed by atoms with Gasteiger partial charge in [-0.25, -0.2) is 22.8 Å². The maximum Gasteiger partial charge on any atom is 0.416 e. The minimum atomic E-state index is -4.97. The van der Waals surface area contributed by atoms with Crippen LogP contribution in [0.4, 0.5) is 62.3 Å². The number of alkyl carbamates (subject to hydrolysis) is 2. The molecule has 74 heavy (non-hydrogen) atoms. The molecule has 3 saturated carbocycles. The van der Waals surface area contributed by atoms with E-state index in [0.717, 1.165) is 36.4 Å². The van der Waals surface area contributed by atoms with E-state index in [4.69, 9.17) is 15.2 Å². The molecule has 0 bridgehead atoms. The van der Waals surface area contributed by atoms with Crippen molar-refractivity contribution in [3.8, 4) is 0 Å². The predicted molar refractivity (Wildman–Crippen MR) is 243 cm³/mol. The highest BCUT2D eigenvalue weighted by atomic mass is 35.5. The number of nitrogens with two attached hydrogens (primary N) is 1. The molecule has 12 nitrogen and oxygen atoms in total. The van der Waals surface area contributed by atoms with Crippen molar-refractivity contribution in [3.05, 3.63) is 105 Å². The largest absolute Gasteiger partial charge is 0.444 e. The van der Waals surface area contributed by atoms with Crippen molar-refractivity contribution in [2.75, 3.05) is 0 Å². The fraction of sp³-hybridized carbons (Fsp3) is 0.531. The average molecular weight is 1090 g/mol. The molecule has 3 aliphatic rings. The second-order valence-corrected chi connectivity index (χ2v) is 19.8. The Morgan fingerprint density at radius 3 is 1.31 bits per heavy atom. The number of ether oxygens (including phenoxy) is 2. The number of carbonyl (C=O) groups excluding carboxylic acids is 5. The molecule has 3 aromatic carbocycles. The number of amides is 2. The van der Waals surface area contributed by atoms with Gasteiger partial charge in [-0.15, -0.1) is 12.4 Å². The van der Waals surface area contributed by atoms with Crippen molar-refractivity contribution in [1.29, 1.82) is 0 Å². The molecule has 0 aliphatic heterocycles. The molecule has 2 amide bonds. The number of nitrogens with one attached hydrogen (secondary N) is 2. The van der Waals surface area contributed by atoms with Crippen LogP contribution in [0.5, 0.6) is 0 Å². The molecule has 5 unspecified atom stereocenters. The SMILES string of the molecule is CC(C)(C)OC(=O)NC1(c2ccc(F)cc2C(F)(F)F)CCCC(O)C1=O.CC(C)(C)OC(=O)NC1(c2ccc(F)cc2C(F)(F)F)CCCCC1=O.Cl.NC1(c2ccc(F)cc2C(F)(F)F)CCCC(O)C1=O. The number of halogens is 13. The first kappa shape index (κ1) is 62.8. The van der Waals surface area contributed by atoms with Gasteiger partial charge in [-0.1, -0.05) is 18.2 Å². The van der Waals surface area contributed by atoms with E-state index in [1.54, 1.807) is 41.5 Å². The number of carbonyl (C=O) groups is 5. The number of alkyl halides is 9. The molecule has 3 aromatic rings. The normalized spacial score (nSPS) is 23.7. The Labute approximate surface area is 423 Å². The van der Waals surface area contributed by atoms with Gasteiger partial charge in [0.15, 0.2) is 17.3 Å². The molecule has 0 aromatic heterocycles. The Morgan fingerprint density at radius 1 is 0.554 bits per heavy atom. The van der Waals surface area contributed by atoms with Gasteiger partial charge in [0, 0.05) is 6.42 Å². The van der Waals surface area contributed by atoms with Gasteiger partial charge in [0.2, 0.25) is 0 Å². The zero-order valence-corrected chi connectivity index (χ0v) is 41.5. The van der Waals surface area contributed by atoms with Gasteiger partial charge >= 0.3 is 30.7 Å². The van der Waals surface area contributed by atoms with Crippen LogP contribution >= 0.6 is 12.4 Å². The highest BCUT2D eigenvalue weighted by molar-refractivity contribution is 5.97. The zero-order valence-electron chi connectivity index (χ0n) is 40.7. The van der Waals surface area contributed by atoms with Gasteiger partial charge in [-0.2, -0.15) is 39.5 Å². The van der Waals surface area contributed by atoms with Crippen molar-refractivity contribution >= 4 is 41.9 Å². The molecule has 25 heteroatoms. The molecule has 6 rings (SSSR count). The van der Waals surface area contributed by atoms with Crippen molar-refractivity contribution in [2.45, 2.75) is 164 Å². The average Bonchev–Trinajstić information content (AvgIpc) is 3.23. The number of hydrogen-bond acceptors (Lipinski definition) is 10. The fourth-order valence-electron chi connectivity index (χ4n) is 8.81. The van der Waals surface area contributed by atoms with Crippen LogP contribution in [0, 0.1) is 17.5 Å². The second kappa shape index (κ2) is 23.2. The van der Waals surface area contributed by atoms with Crippen LogP contribution in [0.1, 0.15) is 139 Å². The topological polar surface area (TPSA) is 194 Å². The molecule has 0 saturated heterocycles. The van der Waals surface area contributed by atoms with Gasteiger partial charge < -0.3 is 36.1 Å². The fourth-order valence-corrected chi connectivity index (χ4v) is 8.81. The molecule has 0 heterocycles. The summed E-state index contributed by atoms with van der Waals surface area (Å²) in [4.78, 5) is 61.9. The van der Waals surface area contributed by atoms with Crippen LogP contribution in [0.3, 0.4) is 0 Å². The van der Waals surface area contributed by atoms with Crippen molar-refractivity contribution < 1.29 is 96.3 Å². The maximum atomic E-state index is 13.5. The molecular formula is C49H56ClF12N3O9. The van der Waals surface area contributed by atoms with E-state index in [9.17, 15) is 86.9 Å². The van der Waals surface area contributed by atoms with Crippen LogP contribution < -0.4 is 16.4 Å². The number of benzene rings is 3. The number of aliphatic hydroxyl groups excluding tert-OH is 2. The Hall–Kier alpha value is -5.46. The molecule has 3 fully saturated rings.